The summed E-state index contributed by atoms with van der Waals surface area (Å²) in [5, 5.41) is 10.3. The van der Waals surface area contributed by atoms with Gasteiger partial charge in [0.25, 0.3) is 11.8 Å². The first-order valence-corrected chi connectivity index (χ1v) is 12.6. The number of amides is 1. The van der Waals surface area contributed by atoms with Crippen molar-refractivity contribution in [3.8, 4) is 11.1 Å². The number of carbonyl (C=O) groups excluding carboxylic acids is 1. The Kier molecular flexibility index (Phi) is 6.68. The Bertz CT molecular complexity index is 1240. The molecule has 0 saturated carbocycles. The zero-order chi connectivity index (χ0) is 25.6. The number of benzene rings is 2. The van der Waals surface area contributed by atoms with Gasteiger partial charge in [0.1, 0.15) is 17.7 Å². The van der Waals surface area contributed by atoms with Gasteiger partial charge in [-0.05, 0) is 36.6 Å². The van der Waals surface area contributed by atoms with E-state index >= 15 is 13.2 Å². The highest BCUT2D eigenvalue weighted by Crippen LogP contribution is 2.39. The quantitative estimate of drug-likeness (QED) is 0.552. The Morgan fingerprint density at radius 2 is 1.91 bits per heavy atom. The largest absolute Gasteiger partial charge is 0.358 e. The number of nitrogens with one attached hydrogen (secondary N) is 1. The molecule has 2 aliphatic rings. The number of aliphatic hydroxyl groups is 1. The van der Waals surface area contributed by atoms with Crippen molar-refractivity contribution in [3.63, 3.8) is 0 Å². The van der Waals surface area contributed by atoms with Crippen LogP contribution in [-0.2, 0) is 26.0 Å². The van der Waals surface area contributed by atoms with Crippen molar-refractivity contribution in [3.05, 3.63) is 59.7 Å². The van der Waals surface area contributed by atoms with E-state index < -0.39 is 70.1 Å². The highest BCUT2D eigenvalue weighted by molar-refractivity contribution is 7.89. The van der Waals surface area contributed by atoms with Gasteiger partial charge in [-0.25, -0.2) is 30.7 Å². The molecule has 0 aliphatic carbocycles. The maximum Gasteiger partial charge on any atom is 0.283 e. The first kappa shape index (κ1) is 25.5. The third kappa shape index (κ3) is 4.92. The van der Waals surface area contributed by atoms with Crippen LogP contribution in [0.1, 0.15) is 18.9 Å². The Morgan fingerprint density at radius 1 is 1.23 bits per heavy atom. The van der Waals surface area contributed by atoms with Gasteiger partial charge in [-0.15, -0.1) is 0 Å². The number of rotatable bonds is 7. The maximum atomic E-state index is 15.5. The topological polar surface area (TPSA) is 95.9 Å². The summed E-state index contributed by atoms with van der Waals surface area (Å²) in [5.41, 5.74) is 0.139. The number of hydrogen-bond acceptors (Lipinski definition) is 5. The van der Waals surface area contributed by atoms with Gasteiger partial charge in [-0.2, -0.15) is 0 Å². The minimum absolute atomic E-state index is 0.0104. The van der Waals surface area contributed by atoms with E-state index in [-0.39, 0.29) is 29.7 Å². The molecule has 0 bridgehead atoms. The van der Waals surface area contributed by atoms with Crippen molar-refractivity contribution in [1.29, 1.82) is 0 Å². The van der Waals surface area contributed by atoms with Gasteiger partial charge in [0.05, 0.1) is 24.9 Å². The summed E-state index contributed by atoms with van der Waals surface area (Å²) in [6.45, 7) is 0.123. The molecule has 35 heavy (non-hydrogen) atoms. The smallest absolute Gasteiger partial charge is 0.283 e. The highest BCUT2D eigenvalue weighted by Gasteiger charge is 2.60. The lowest BCUT2D eigenvalue weighted by Crippen LogP contribution is -2.60. The van der Waals surface area contributed by atoms with Gasteiger partial charge >= 0.3 is 0 Å². The van der Waals surface area contributed by atoms with Crippen molar-refractivity contribution in [2.24, 2.45) is 0 Å². The molecule has 12 heteroatoms. The van der Waals surface area contributed by atoms with Gasteiger partial charge in [0.2, 0.25) is 15.8 Å². The molecule has 4 rings (SSSR count). The first-order valence-electron chi connectivity index (χ1n) is 11.0. The molecule has 2 aromatic rings. The molecule has 0 spiro atoms. The molecule has 2 saturated heterocycles. The molecular formula is C23H24F4N2O5S. The number of carbonyl (C=O) groups is 1. The molecule has 2 fully saturated rings. The standard InChI is InChI=1S/C23H24F4N2O5S/c1-2-35(32,33)28-20-18(29(13-22(20,26)27)21(30)23(31)9-10-34-23)12-15-6-4-8-17(19(15)25)14-5-3-7-16(24)11-14/h3-8,11,18,20,28,31H,2,9-10,12-13H2,1H3/t18-,20+,23?/m0/s1. The highest BCUT2D eigenvalue weighted by atomic mass is 32.2. The van der Waals surface area contributed by atoms with Crippen molar-refractivity contribution in [2.45, 2.75) is 43.6 Å². The molecule has 2 aliphatic heterocycles. The van der Waals surface area contributed by atoms with Crippen LogP contribution in [0, 0.1) is 11.6 Å². The minimum Gasteiger partial charge on any atom is -0.358 e. The lowest BCUT2D eigenvalue weighted by atomic mass is 9.95. The van der Waals surface area contributed by atoms with Crippen LogP contribution in [0.25, 0.3) is 11.1 Å². The molecule has 3 atom stereocenters. The van der Waals surface area contributed by atoms with Crippen LogP contribution in [0.5, 0.6) is 0 Å². The first-order chi connectivity index (χ1) is 16.4. The summed E-state index contributed by atoms with van der Waals surface area (Å²) in [7, 11) is -4.14. The van der Waals surface area contributed by atoms with Crippen LogP contribution in [-0.4, -0.2) is 67.0 Å². The molecule has 0 radical (unpaired) electrons. The van der Waals surface area contributed by atoms with E-state index in [2.05, 4.69) is 0 Å². The maximum absolute atomic E-state index is 15.5. The fraction of sp³-hybridized carbons (Fsp3) is 0.435. The predicted octanol–water partition coefficient (Wildman–Crippen LogP) is 2.44. The van der Waals surface area contributed by atoms with Gasteiger partial charge in [0, 0.05) is 12.0 Å². The molecule has 2 aromatic carbocycles. The number of sulfonamides is 1. The predicted molar refractivity (Wildman–Crippen MR) is 118 cm³/mol. The fourth-order valence-corrected chi connectivity index (χ4v) is 5.21. The summed E-state index contributed by atoms with van der Waals surface area (Å²) in [5.74, 6) is -9.06. The van der Waals surface area contributed by atoms with Crippen molar-refractivity contribution in [2.75, 3.05) is 18.9 Å². The third-order valence-electron chi connectivity index (χ3n) is 6.33. The normalized spacial score (nSPS) is 25.9. The van der Waals surface area contributed by atoms with Crippen molar-refractivity contribution < 1.29 is 40.6 Å². The average Bonchev–Trinajstić information content (AvgIpc) is 3.02. The molecule has 2 N–H and O–H groups in total. The number of likely N-dealkylation sites (tertiary alicyclic amines) is 1. The van der Waals surface area contributed by atoms with Crippen LogP contribution < -0.4 is 4.72 Å². The molecule has 2 heterocycles. The monoisotopic (exact) mass is 516 g/mol. The van der Waals surface area contributed by atoms with Crippen LogP contribution in [0.3, 0.4) is 0 Å². The van der Waals surface area contributed by atoms with Gasteiger partial charge in [-0.1, -0.05) is 30.3 Å². The number of nitrogens with zero attached hydrogens (tertiary/aromatic N) is 1. The van der Waals surface area contributed by atoms with E-state index in [9.17, 15) is 22.7 Å². The lowest BCUT2D eigenvalue weighted by Gasteiger charge is -2.39. The van der Waals surface area contributed by atoms with E-state index in [0.717, 1.165) is 6.07 Å². The van der Waals surface area contributed by atoms with E-state index in [1.807, 2.05) is 4.72 Å². The summed E-state index contributed by atoms with van der Waals surface area (Å²) in [4.78, 5) is 13.6. The summed E-state index contributed by atoms with van der Waals surface area (Å²) in [6, 6.07) is 5.72. The number of ether oxygens (including phenoxy) is 1. The minimum atomic E-state index is -4.14. The second-order valence-corrected chi connectivity index (χ2v) is 10.7. The second kappa shape index (κ2) is 9.16. The van der Waals surface area contributed by atoms with Crippen LogP contribution in [0.4, 0.5) is 17.6 Å². The van der Waals surface area contributed by atoms with Crippen LogP contribution in [0.15, 0.2) is 42.5 Å². The van der Waals surface area contributed by atoms with Gasteiger partial charge in [0.15, 0.2) is 0 Å². The Hall–Kier alpha value is -2.54. The number of alkyl halides is 2. The Balaban J connectivity index is 1.74. The van der Waals surface area contributed by atoms with E-state index in [1.165, 1.54) is 43.3 Å². The summed E-state index contributed by atoms with van der Waals surface area (Å²) >= 11 is 0. The summed E-state index contributed by atoms with van der Waals surface area (Å²) in [6.07, 6.45) is -0.612. The molecule has 1 unspecified atom stereocenters. The SMILES string of the molecule is CCS(=O)(=O)N[C@@H]1[C@H](Cc2cccc(-c3cccc(F)c3)c2F)N(C(=O)C2(O)CCO2)CC1(F)F. The summed E-state index contributed by atoms with van der Waals surface area (Å²) < 4.78 is 90.5. The molecule has 7 nitrogen and oxygen atoms in total. The van der Waals surface area contributed by atoms with E-state index in [0.29, 0.717) is 4.90 Å². The number of halogens is 4. The van der Waals surface area contributed by atoms with Gasteiger partial charge in [-0.3, -0.25) is 4.79 Å². The zero-order valence-electron chi connectivity index (χ0n) is 18.7. The molecule has 0 aromatic heterocycles. The molecular weight excluding hydrogens is 492 g/mol. The van der Waals surface area contributed by atoms with Gasteiger partial charge < -0.3 is 14.7 Å². The Morgan fingerprint density at radius 3 is 2.51 bits per heavy atom. The Labute approximate surface area is 199 Å². The van der Waals surface area contributed by atoms with E-state index in [4.69, 9.17) is 4.74 Å². The van der Waals surface area contributed by atoms with Crippen LogP contribution in [0.2, 0.25) is 0 Å². The number of hydrogen-bond donors (Lipinski definition) is 2. The zero-order valence-corrected chi connectivity index (χ0v) is 19.5. The molecule has 190 valence electrons. The lowest BCUT2D eigenvalue weighted by molar-refractivity contribution is -0.272. The second-order valence-electron chi connectivity index (χ2n) is 8.64. The average molecular weight is 517 g/mol. The fourth-order valence-electron chi connectivity index (χ4n) is 4.33. The molecule has 1 amide bonds. The van der Waals surface area contributed by atoms with Crippen molar-refractivity contribution >= 4 is 15.9 Å². The van der Waals surface area contributed by atoms with Crippen molar-refractivity contribution in [1.82, 2.24) is 9.62 Å². The van der Waals surface area contributed by atoms with Crippen LogP contribution >= 0.6 is 0 Å². The third-order valence-corrected chi connectivity index (χ3v) is 7.70. The van der Waals surface area contributed by atoms with E-state index in [1.54, 1.807) is 0 Å².